The molecule has 0 unspecified atom stereocenters. The monoisotopic (exact) mass is 334 g/mol. The molecule has 0 radical (unpaired) electrons. The van der Waals surface area contributed by atoms with Crippen LogP contribution in [0.25, 0.3) is 0 Å². The van der Waals surface area contributed by atoms with Gasteiger partial charge in [-0.2, -0.15) is 0 Å². The van der Waals surface area contributed by atoms with Crippen molar-refractivity contribution in [2.24, 2.45) is 0 Å². The predicted octanol–water partition coefficient (Wildman–Crippen LogP) is 3.60. The van der Waals surface area contributed by atoms with Gasteiger partial charge in [0, 0.05) is 12.0 Å². The number of H-pyrrole nitrogens is 1. The fourth-order valence-electron chi connectivity index (χ4n) is 2.14. The van der Waals surface area contributed by atoms with Crippen molar-refractivity contribution >= 4 is 12.2 Å². The number of benzene rings is 1. The summed E-state index contributed by atoms with van der Waals surface area (Å²) in [6.07, 6.45) is 0.957. The highest BCUT2D eigenvalue weighted by Gasteiger charge is 2.18. The van der Waals surface area contributed by atoms with E-state index in [-0.39, 0.29) is 5.41 Å². The lowest BCUT2D eigenvalue weighted by Gasteiger charge is -2.18. The van der Waals surface area contributed by atoms with Crippen LogP contribution in [0.15, 0.2) is 30.3 Å². The Bertz CT molecular complexity index is 657. The van der Waals surface area contributed by atoms with E-state index in [0.717, 1.165) is 24.5 Å². The van der Waals surface area contributed by atoms with Crippen molar-refractivity contribution in [3.05, 3.63) is 40.9 Å². The van der Waals surface area contributed by atoms with Crippen LogP contribution in [0.4, 0.5) is 0 Å². The van der Waals surface area contributed by atoms with Gasteiger partial charge in [0.25, 0.3) is 0 Å². The molecule has 0 atom stereocenters. The summed E-state index contributed by atoms with van der Waals surface area (Å²) in [5.74, 6) is 1.84. The first-order valence-corrected chi connectivity index (χ1v) is 8.31. The first-order valence-electron chi connectivity index (χ1n) is 7.90. The molecule has 2 rings (SSSR count). The predicted molar refractivity (Wildman–Crippen MR) is 95.3 cm³/mol. The van der Waals surface area contributed by atoms with Gasteiger partial charge in [-0.05, 0) is 37.8 Å². The molecule has 0 bridgehead atoms. The molecule has 126 valence electrons. The number of para-hydroxylation sites is 1. The van der Waals surface area contributed by atoms with E-state index in [0.29, 0.717) is 18.0 Å². The molecule has 2 aromatic rings. The van der Waals surface area contributed by atoms with Gasteiger partial charge in [0.05, 0.1) is 13.3 Å². The van der Waals surface area contributed by atoms with Crippen molar-refractivity contribution in [2.45, 2.75) is 39.3 Å². The van der Waals surface area contributed by atoms with E-state index in [2.05, 4.69) is 42.8 Å². The van der Waals surface area contributed by atoms with Crippen LogP contribution in [0.1, 0.15) is 33.0 Å². The molecule has 1 N–H and O–H groups in total. The van der Waals surface area contributed by atoms with Crippen LogP contribution in [-0.4, -0.2) is 39.9 Å². The standard InChI is InChI=1S/C17H26N4OS/c1-17(2,3)15-18-16(23)21(19-15)13-20(4)11-8-12-22-14-9-6-5-7-10-14/h5-7,9-10H,8,11-13H2,1-4H3,(H,18,19,23). The first kappa shape index (κ1) is 17.7. The second-order valence-electron chi connectivity index (χ2n) is 6.77. The molecule has 0 spiro atoms. The fraction of sp³-hybridized carbons (Fsp3) is 0.529. The van der Waals surface area contributed by atoms with Crippen molar-refractivity contribution in [1.29, 1.82) is 0 Å². The molecular formula is C17H26N4OS. The number of nitrogens with zero attached hydrogens (tertiary/aromatic N) is 3. The molecule has 1 aromatic carbocycles. The highest BCUT2D eigenvalue weighted by molar-refractivity contribution is 7.71. The Labute approximate surface area is 143 Å². The third-order valence-electron chi connectivity index (χ3n) is 3.47. The van der Waals surface area contributed by atoms with E-state index >= 15 is 0 Å². The fourth-order valence-corrected chi connectivity index (χ4v) is 2.34. The van der Waals surface area contributed by atoms with Crippen molar-refractivity contribution in [2.75, 3.05) is 20.2 Å². The van der Waals surface area contributed by atoms with Gasteiger partial charge < -0.3 is 4.74 Å². The SMILES string of the molecule is CN(CCCOc1ccccc1)Cn1[nH]c(C(C)(C)C)nc1=S. The minimum Gasteiger partial charge on any atom is -0.494 e. The Morgan fingerprint density at radius 3 is 2.57 bits per heavy atom. The summed E-state index contributed by atoms with van der Waals surface area (Å²) in [4.78, 5) is 6.65. The van der Waals surface area contributed by atoms with E-state index < -0.39 is 0 Å². The summed E-state index contributed by atoms with van der Waals surface area (Å²) in [5.41, 5.74) is -0.0269. The van der Waals surface area contributed by atoms with E-state index in [4.69, 9.17) is 17.0 Å². The average molecular weight is 334 g/mol. The Hall–Kier alpha value is -1.66. The normalized spacial score (nSPS) is 11.9. The van der Waals surface area contributed by atoms with Gasteiger partial charge in [-0.1, -0.05) is 39.0 Å². The van der Waals surface area contributed by atoms with Gasteiger partial charge in [0.1, 0.15) is 11.6 Å². The van der Waals surface area contributed by atoms with Crippen LogP contribution in [0, 0.1) is 4.77 Å². The maximum absolute atomic E-state index is 5.70. The molecule has 1 aromatic heterocycles. The van der Waals surface area contributed by atoms with Gasteiger partial charge in [-0.25, -0.2) is 9.67 Å². The largest absolute Gasteiger partial charge is 0.494 e. The molecule has 0 aliphatic carbocycles. The Balaban J connectivity index is 1.78. The number of ether oxygens (including phenoxy) is 1. The molecule has 0 amide bonds. The highest BCUT2D eigenvalue weighted by Crippen LogP contribution is 2.17. The lowest BCUT2D eigenvalue weighted by molar-refractivity contribution is 0.220. The van der Waals surface area contributed by atoms with Crippen molar-refractivity contribution in [1.82, 2.24) is 19.7 Å². The first-order chi connectivity index (χ1) is 10.9. The van der Waals surface area contributed by atoms with E-state index in [9.17, 15) is 0 Å². The van der Waals surface area contributed by atoms with Gasteiger partial charge in [0.2, 0.25) is 4.77 Å². The summed E-state index contributed by atoms with van der Waals surface area (Å²) in [6.45, 7) is 8.70. The third-order valence-corrected chi connectivity index (χ3v) is 3.78. The Morgan fingerprint density at radius 2 is 1.96 bits per heavy atom. The second-order valence-corrected chi connectivity index (χ2v) is 7.13. The van der Waals surface area contributed by atoms with Crippen LogP contribution in [0.2, 0.25) is 0 Å². The summed E-state index contributed by atoms with van der Waals surface area (Å²) in [6, 6.07) is 9.90. The molecule has 0 saturated heterocycles. The minimum atomic E-state index is -0.0269. The minimum absolute atomic E-state index is 0.0269. The summed E-state index contributed by atoms with van der Waals surface area (Å²) < 4.78 is 8.21. The number of rotatable bonds is 7. The van der Waals surface area contributed by atoms with E-state index in [1.807, 2.05) is 35.0 Å². The number of hydrogen-bond acceptors (Lipinski definition) is 4. The van der Waals surface area contributed by atoms with Crippen molar-refractivity contribution in [3.63, 3.8) is 0 Å². The number of aromatic nitrogens is 3. The summed E-state index contributed by atoms with van der Waals surface area (Å²) in [7, 11) is 2.07. The molecule has 0 aliphatic heterocycles. The molecule has 1 heterocycles. The number of nitrogens with one attached hydrogen (secondary N) is 1. The quantitative estimate of drug-likeness (QED) is 0.621. The Kier molecular flexibility index (Phi) is 5.96. The lowest BCUT2D eigenvalue weighted by Crippen LogP contribution is -2.25. The molecule has 0 fully saturated rings. The maximum atomic E-state index is 5.70. The van der Waals surface area contributed by atoms with Gasteiger partial charge in [-0.3, -0.25) is 10.00 Å². The van der Waals surface area contributed by atoms with E-state index in [1.54, 1.807) is 0 Å². The molecule has 0 aliphatic rings. The van der Waals surface area contributed by atoms with Crippen LogP contribution in [0.5, 0.6) is 5.75 Å². The van der Waals surface area contributed by atoms with Gasteiger partial charge in [-0.15, -0.1) is 0 Å². The zero-order valence-corrected chi connectivity index (χ0v) is 15.2. The second kappa shape index (κ2) is 7.75. The molecular weight excluding hydrogens is 308 g/mol. The van der Waals surface area contributed by atoms with Gasteiger partial charge in [0.15, 0.2) is 0 Å². The number of aromatic amines is 1. The maximum Gasteiger partial charge on any atom is 0.217 e. The van der Waals surface area contributed by atoms with Crippen LogP contribution in [-0.2, 0) is 12.1 Å². The lowest BCUT2D eigenvalue weighted by atomic mass is 9.96. The van der Waals surface area contributed by atoms with Crippen molar-refractivity contribution < 1.29 is 4.74 Å². The topological polar surface area (TPSA) is 46.1 Å². The van der Waals surface area contributed by atoms with Crippen molar-refractivity contribution in [3.8, 4) is 5.75 Å². The van der Waals surface area contributed by atoms with Crippen LogP contribution < -0.4 is 4.74 Å². The van der Waals surface area contributed by atoms with Crippen LogP contribution in [0.3, 0.4) is 0 Å². The zero-order chi connectivity index (χ0) is 16.9. The van der Waals surface area contributed by atoms with E-state index in [1.165, 1.54) is 0 Å². The molecule has 5 nitrogen and oxygen atoms in total. The molecule has 23 heavy (non-hydrogen) atoms. The van der Waals surface area contributed by atoms with Gasteiger partial charge >= 0.3 is 0 Å². The zero-order valence-electron chi connectivity index (χ0n) is 14.4. The number of hydrogen-bond donors (Lipinski definition) is 1. The molecule has 6 heteroatoms. The average Bonchev–Trinajstić information content (AvgIpc) is 2.86. The highest BCUT2D eigenvalue weighted by atomic mass is 32.1. The third kappa shape index (κ3) is 5.48. The Morgan fingerprint density at radius 1 is 1.26 bits per heavy atom. The van der Waals surface area contributed by atoms with Crippen LogP contribution >= 0.6 is 12.2 Å². The summed E-state index contributed by atoms with van der Waals surface area (Å²) in [5, 5.41) is 3.30. The summed E-state index contributed by atoms with van der Waals surface area (Å²) >= 11 is 5.33. The molecule has 0 saturated carbocycles. The smallest absolute Gasteiger partial charge is 0.217 e.